The Balaban J connectivity index is 1.40. The lowest BCUT2D eigenvalue weighted by atomic mass is 10.1. The van der Waals surface area contributed by atoms with Crippen molar-refractivity contribution in [2.45, 2.75) is 19.3 Å². The van der Waals surface area contributed by atoms with Gasteiger partial charge in [-0.25, -0.2) is 0 Å². The number of aromatic nitrogens is 4. The Labute approximate surface area is 135 Å². The topological polar surface area (TPSA) is 69.7 Å². The minimum absolute atomic E-state index is 0.736. The molecule has 23 heavy (non-hydrogen) atoms. The zero-order chi connectivity index (χ0) is 15.5. The smallest absolute Gasteiger partial charge is 0.247 e. The Bertz CT molecular complexity index is 790. The van der Waals surface area contributed by atoms with E-state index in [1.165, 1.54) is 29.3 Å². The number of hydrogen-bond acceptors (Lipinski definition) is 5. The fourth-order valence-corrected chi connectivity index (χ4v) is 3.09. The number of hydrogen-bond donors (Lipinski definition) is 2. The maximum atomic E-state index is 4.57. The first-order chi connectivity index (χ1) is 11.4. The summed E-state index contributed by atoms with van der Waals surface area (Å²) in [7, 11) is 0. The summed E-state index contributed by atoms with van der Waals surface area (Å²) in [6.07, 6.45) is 7.13. The van der Waals surface area contributed by atoms with Gasteiger partial charge in [0.05, 0.1) is 6.20 Å². The standard InChI is InChI=1S/C17H20N6/c1-2-6-15-14(5-1)13(11-19-15)7-8-18-16-12-20-22-17(21-16)23-9-3-4-10-23/h1-2,5-6,11-12,19H,3-4,7-10H2,(H,18,21,22). The van der Waals surface area contributed by atoms with E-state index in [1.54, 1.807) is 6.20 Å². The normalized spacial score (nSPS) is 14.5. The van der Waals surface area contributed by atoms with E-state index in [0.29, 0.717) is 0 Å². The lowest BCUT2D eigenvalue weighted by Crippen LogP contribution is -2.21. The summed E-state index contributed by atoms with van der Waals surface area (Å²) in [4.78, 5) is 10.1. The summed E-state index contributed by atoms with van der Waals surface area (Å²) in [6.45, 7) is 2.88. The van der Waals surface area contributed by atoms with Crippen LogP contribution in [0.15, 0.2) is 36.7 Å². The van der Waals surface area contributed by atoms with E-state index in [0.717, 1.165) is 37.8 Å². The molecule has 2 N–H and O–H groups in total. The lowest BCUT2D eigenvalue weighted by molar-refractivity contribution is 0.847. The number of nitrogens with zero attached hydrogens (tertiary/aromatic N) is 4. The number of anilines is 2. The quantitative estimate of drug-likeness (QED) is 0.758. The van der Waals surface area contributed by atoms with Gasteiger partial charge >= 0.3 is 0 Å². The molecule has 1 saturated heterocycles. The molecule has 1 aliphatic heterocycles. The summed E-state index contributed by atoms with van der Waals surface area (Å²) in [5.74, 6) is 1.53. The molecule has 6 heteroatoms. The minimum atomic E-state index is 0.736. The number of nitrogens with one attached hydrogen (secondary N) is 2. The summed E-state index contributed by atoms with van der Waals surface area (Å²) in [5.41, 5.74) is 2.50. The van der Waals surface area contributed by atoms with E-state index in [9.17, 15) is 0 Å². The van der Waals surface area contributed by atoms with Crippen LogP contribution in [0.5, 0.6) is 0 Å². The molecule has 0 radical (unpaired) electrons. The van der Waals surface area contributed by atoms with Gasteiger partial charge in [0.15, 0.2) is 5.82 Å². The van der Waals surface area contributed by atoms with Crippen LogP contribution in [0.2, 0.25) is 0 Å². The van der Waals surface area contributed by atoms with E-state index in [4.69, 9.17) is 0 Å². The molecule has 0 bridgehead atoms. The molecule has 0 spiro atoms. The van der Waals surface area contributed by atoms with Crippen molar-refractivity contribution in [2.24, 2.45) is 0 Å². The highest BCUT2D eigenvalue weighted by Gasteiger charge is 2.15. The molecule has 1 aromatic carbocycles. The molecule has 0 atom stereocenters. The molecule has 4 rings (SSSR count). The lowest BCUT2D eigenvalue weighted by Gasteiger charge is -2.14. The average molecular weight is 308 g/mol. The van der Waals surface area contributed by atoms with Gasteiger partial charge in [0, 0.05) is 36.7 Å². The van der Waals surface area contributed by atoms with Gasteiger partial charge in [0.1, 0.15) is 0 Å². The van der Waals surface area contributed by atoms with E-state index < -0.39 is 0 Å². The van der Waals surface area contributed by atoms with Gasteiger partial charge in [-0.05, 0) is 30.9 Å². The van der Waals surface area contributed by atoms with E-state index in [1.807, 2.05) is 6.07 Å². The Kier molecular flexibility index (Phi) is 3.80. The highest BCUT2D eigenvalue weighted by Crippen LogP contribution is 2.19. The third-order valence-electron chi connectivity index (χ3n) is 4.31. The van der Waals surface area contributed by atoms with E-state index >= 15 is 0 Å². The van der Waals surface area contributed by atoms with E-state index in [-0.39, 0.29) is 0 Å². The first-order valence-corrected chi connectivity index (χ1v) is 8.14. The number of fused-ring (bicyclic) bond motifs is 1. The predicted molar refractivity (Wildman–Crippen MR) is 91.8 cm³/mol. The van der Waals surface area contributed by atoms with Crippen LogP contribution in [0.25, 0.3) is 10.9 Å². The fourth-order valence-electron chi connectivity index (χ4n) is 3.09. The van der Waals surface area contributed by atoms with Crippen molar-refractivity contribution in [3.63, 3.8) is 0 Å². The van der Waals surface area contributed by atoms with Crippen molar-refractivity contribution < 1.29 is 0 Å². The van der Waals surface area contributed by atoms with Crippen LogP contribution in [-0.2, 0) is 6.42 Å². The molecule has 118 valence electrons. The maximum Gasteiger partial charge on any atom is 0.247 e. The molecule has 6 nitrogen and oxygen atoms in total. The van der Waals surface area contributed by atoms with Crippen molar-refractivity contribution in [3.8, 4) is 0 Å². The van der Waals surface area contributed by atoms with Crippen molar-refractivity contribution in [1.82, 2.24) is 20.2 Å². The molecule has 1 fully saturated rings. The van der Waals surface area contributed by atoms with Crippen LogP contribution >= 0.6 is 0 Å². The molecular weight excluding hydrogens is 288 g/mol. The first kappa shape index (κ1) is 14.0. The van der Waals surface area contributed by atoms with E-state index in [2.05, 4.69) is 54.8 Å². The van der Waals surface area contributed by atoms with Crippen molar-refractivity contribution in [1.29, 1.82) is 0 Å². The zero-order valence-corrected chi connectivity index (χ0v) is 13.0. The summed E-state index contributed by atoms with van der Waals surface area (Å²) in [6, 6.07) is 8.37. The number of rotatable bonds is 5. The largest absolute Gasteiger partial charge is 0.368 e. The number of H-pyrrole nitrogens is 1. The van der Waals surface area contributed by atoms with Crippen molar-refractivity contribution in [3.05, 3.63) is 42.2 Å². The highest BCUT2D eigenvalue weighted by molar-refractivity contribution is 5.83. The van der Waals surface area contributed by atoms with Crippen molar-refractivity contribution in [2.75, 3.05) is 29.9 Å². The summed E-state index contributed by atoms with van der Waals surface area (Å²) in [5, 5.41) is 12.9. The Hall–Kier alpha value is -2.63. The monoisotopic (exact) mass is 308 g/mol. The molecule has 0 aliphatic carbocycles. The SMILES string of the molecule is c1ccc2c(CCNc3cnnc(N4CCCC4)n3)c[nH]c2c1. The number of aromatic amines is 1. The second-order valence-corrected chi connectivity index (χ2v) is 5.87. The van der Waals surface area contributed by atoms with Crippen LogP contribution in [0.1, 0.15) is 18.4 Å². The third-order valence-corrected chi connectivity index (χ3v) is 4.31. The van der Waals surface area contributed by atoms with Crippen LogP contribution in [0.4, 0.5) is 11.8 Å². The van der Waals surface area contributed by atoms with Crippen LogP contribution in [0.3, 0.4) is 0 Å². The first-order valence-electron chi connectivity index (χ1n) is 8.14. The fraction of sp³-hybridized carbons (Fsp3) is 0.353. The molecule has 0 saturated carbocycles. The van der Waals surface area contributed by atoms with Gasteiger partial charge in [0.25, 0.3) is 0 Å². The summed E-state index contributed by atoms with van der Waals surface area (Å²) >= 11 is 0. The maximum absolute atomic E-state index is 4.57. The Morgan fingerprint density at radius 3 is 2.96 bits per heavy atom. The van der Waals surface area contributed by atoms with Crippen molar-refractivity contribution >= 4 is 22.7 Å². The number of para-hydroxylation sites is 1. The number of benzene rings is 1. The van der Waals surface area contributed by atoms with Crippen LogP contribution < -0.4 is 10.2 Å². The third kappa shape index (κ3) is 2.97. The second kappa shape index (κ2) is 6.24. The van der Waals surface area contributed by atoms with Crippen LogP contribution in [0, 0.1) is 0 Å². The average Bonchev–Trinajstić information content (AvgIpc) is 3.25. The molecule has 3 heterocycles. The molecule has 2 aromatic heterocycles. The molecule has 0 unspecified atom stereocenters. The Morgan fingerprint density at radius 1 is 1.17 bits per heavy atom. The molecule has 3 aromatic rings. The molecular formula is C17H20N6. The van der Waals surface area contributed by atoms with Gasteiger partial charge in [0.2, 0.25) is 5.95 Å². The minimum Gasteiger partial charge on any atom is -0.368 e. The molecule has 1 aliphatic rings. The molecule has 0 amide bonds. The van der Waals surface area contributed by atoms with Gasteiger partial charge in [-0.1, -0.05) is 18.2 Å². The van der Waals surface area contributed by atoms with Gasteiger partial charge in [-0.3, -0.25) is 0 Å². The van der Waals surface area contributed by atoms with Gasteiger partial charge < -0.3 is 15.2 Å². The zero-order valence-electron chi connectivity index (χ0n) is 13.0. The predicted octanol–water partition coefficient (Wildman–Crippen LogP) is 2.61. The van der Waals surface area contributed by atoms with Gasteiger partial charge in [-0.15, -0.1) is 5.10 Å². The highest BCUT2D eigenvalue weighted by atomic mass is 15.3. The second-order valence-electron chi connectivity index (χ2n) is 5.87. The van der Waals surface area contributed by atoms with Gasteiger partial charge in [-0.2, -0.15) is 10.1 Å². The van der Waals surface area contributed by atoms with Crippen LogP contribution in [-0.4, -0.2) is 39.8 Å². The Morgan fingerprint density at radius 2 is 2.04 bits per heavy atom. The summed E-state index contributed by atoms with van der Waals surface area (Å²) < 4.78 is 0.